The van der Waals surface area contributed by atoms with Gasteiger partial charge in [0.05, 0.1) is 33.6 Å². The number of halogens is 3. The van der Waals surface area contributed by atoms with Crippen LogP contribution < -0.4 is 0 Å². The number of nitrogens with zero attached hydrogens (tertiary/aromatic N) is 5. The minimum absolute atomic E-state index is 0.0379. The van der Waals surface area contributed by atoms with Crippen LogP contribution in [0, 0.1) is 6.92 Å². The van der Waals surface area contributed by atoms with Gasteiger partial charge < -0.3 is 4.57 Å². The van der Waals surface area contributed by atoms with E-state index in [1.54, 1.807) is 19.3 Å². The van der Waals surface area contributed by atoms with Crippen molar-refractivity contribution in [3.63, 3.8) is 0 Å². The zero-order chi connectivity index (χ0) is 23.3. The molecule has 4 rings (SSSR count). The third kappa shape index (κ3) is 3.83. The van der Waals surface area contributed by atoms with E-state index < -0.39 is 21.7 Å². The minimum Gasteiger partial charge on any atom is -0.324 e. The number of hydrogen-bond donors (Lipinski definition) is 0. The molecule has 4 aromatic heterocycles. The highest BCUT2D eigenvalue weighted by molar-refractivity contribution is 7.91. The lowest BCUT2D eigenvalue weighted by atomic mass is 10.1. The molecule has 0 unspecified atom stereocenters. The van der Waals surface area contributed by atoms with Crippen molar-refractivity contribution in [1.82, 2.24) is 24.5 Å². The summed E-state index contributed by atoms with van der Waals surface area (Å²) in [6.07, 6.45) is -0.467. The van der Waals surface area contributed by atoms with Crippen LogP contribution >= 0.6 is 0 Å². The topological polar surface area (TPSA) is 90.6 Å². The summed E-state index contributed by atoms with van der Waals surface area (Å²) in [5.74, 6) is -0.0623. The number of imidazole rings is 1. The van der Waals surface area contributed by atoms with Crippen LogP contribution in [-0.2, 0) is 23.1 Å². The summed E-state index contributed by atoms with van der Waals surface area (Å²) in [6.45, 7) is 3.39. The average molecular weight is 461 g/mol. The molecule has 0 aliphatic carbocycles. The maximum absolute atomic E-state index is 13.1. The lowest BCUT2D eigenvalue weighted by Crippen LogP contribution is -2.09. The van der Waals surface area contributed by atoms with Crippen molar-refractivity contribution < 1.29 is 21.6 Å². The summed E-state index contributed by atoms with van der Waals surface area (Å²) in [5.41, 5.74) is 1.34. The molecule has 0 N–H and O–H groups in total. The Hall–Kier alpha value is -3.34. The fourth-order valence-electron chi connectivity index (χ4n) is 3.29. The van der Waals surface area contributed by atoms with E-state index in [0.717, 1.165) is 17.8 Å². The smallest absolute Gasteiger partial charge is 0.324 e. The molecule has 0 aromatic carbocycles. The summed E-state index contributed by atoms with van der Waals surface area (Å²) in [6, 6.07) is 5.93. The molecule has 0 aliphatic heterocycles. The Balaban J connectivity index is 1.95. The zero-order valence-corrected chi connectivity index (χ0v) is 18.2. The van der Waals surface area contributed by atoms with Crippen LogP contribution in [0.4, 0.5) is 13.2 Å². The number of rotatable bonds is 4. The molecule has 166 valence electrons. The lowest BCUT2D eigenvalue weighted by molar-refractivity contribution is -0.141. The monoisotopic (exact) mass is 461 g/mol. The molecule has 0 saturated carbocycles. The third-order valence-electron chi connectivity index (χ3n) is 5.05. The Morgan fingerprint density at radius 3 is 2.47 bits per heavy atom. The molecule has 0 aliphatic rings. The molecule has 0 spiro atoms. The fraction of sp³-hybridized carbons (Fsp3) is 0.238. The van der Waals surface area contributed by atoms with Gasteiger partial charge in [0, 0.05) is 25.0 Å². The second-order valence-electron chi connectivity index (χ2n) is 7.24. The van der Waals surface area contributed by atoms with Gasteiger partial charge in [-0.1, -0.05) is 6.92 Å². The van der Waals surface area contributed by atoms with E-state index >= 15 is 0 Å². The molecule has 0 radical (unpaired) electrons. The van der Waals surface area contributed by atoms with Gasteiger partial charge in [-0.2, -0.15) is 13.2 Å². The van der Waals surface area contributed by atoms with Crippen LogP contribution in [0.25, 0.3) is 33.8 Å². The number of fused-ring (bicyclic) bond motifs is 1. The van der Waals surface area contributed by atoms with Crippen LogP contribution in [0.15, 0.2) is 47.8 Å². The summed E-state index contributed by atoms with van der Waals surface area (Å²) >= 11 is 0. The van der Waals surface area contributed by atoms with E-state index in [9.17, 15) is 21.6 Å². The molecule has 0 atom stereocenters. The predicted molar refractivity (Wildman–Crippen MR) is 112 cm³/mol. The Morgan fingerprint density at radius 2 is 1.81 bits per heavy atom. The maximum atomic E-state index is 13.1. The Labute approximate surface area is 181 Å². The molecule has 4 aromatic rings. The lowest BCUT2D eigenvalue weighted by Gasteiger charge is -2.11. The second-order valence-corrected chi connectivity index (χ2v) is 9.49. The van der Waals surface area contributed by atoms with Gasteiger partial charge in [-0.15, -0.1) is 0 Å². The largest absolute Gasteiger partial charge is 0.433 e. The van der Waals surface area contributed by atoms with E-state index in [4.69, 9.17) is 0 Å². The molecule has 11 heteroatoms. The number of alkyl halides is 3. The Morgan fingerprint density at radius 1 is 1.06 bits per heavy atom. The molecule has 4 heterocycles. The number of hydrogen-bond acceptors (Lipinski definition) is 6. The van der Waals surface area contributed by atoms with Crippen LogP contribution in [0.2, 0.25) is 0 Å². The summed E-state index contributed by atoms with van der Waals surface area (Å²) in [4.78, 5) is 16.3. The van der Waals surface area contributed by atoms with E-state index in [1.165, 1.54) is 23.8 Å². The molecular formula is C21H18F3N5O2S. The zero-order valence-electron chi connectivity index (χ0n) is 17.3. The SMILES string of the molecule is CCS(=O)(=O)c1cc(-c2cc(C)ccn2)cnc1-c1nc2cc(C(F)(F)F)ncc2n1C. The van der Waals surface area contributed by atoms with E-state index in [1.807, 2.05) is 13.0 Å². The van der Waals surface area contributed by atoms with Crippen LogP contribution in [0.3, 0.4) is 0 Å². The van der Waals surface area contributed by atoms with Crippen molar-refractivity contribution in [3.05, 3.63) is 54.1 Å². The summed E-state index contributed by atoms with van der Waals surface area (Å²) < 4.78 is 66.4. The molecule has 0 amide bonds. The third-order valence-corrected chi connectivity index (χ3v) is 6.79. The van der Waals surface area contributed by atoms with Gasteiger partial charge in [0.15, 0.2) is 15.7 Å². The van der Waals surface area contributed by atoms with Gasteiger partial charge in [-0.25, -0.2) is 18.4 Å². The van der Waals surface area contributed by atoms with Gasteiger partial charge >= 0.3 is 6.18 Å². The van der Waals surface area contributed by atoms with E-state index in [-0.39, 0.29) is 27.7 Å². The normalized spacial score (nSPS) is 12.4. The highest BCUT2D eigenvalue weighted by atomic mass is 32.2. The quantitative estimate of drug-likeness (QED) is 0.452. The van der Waals surface area contributed by atoms with Gasteiger partial charge in [-0.3, -0.25) is 9.97 Å². The molecular weight excluding hydrogens is 443 g/mol. The van der Waals surface area contributed by atoms with Crippen molar-refractivity contribution in [1.29, 1.82) is 0 Å². The number of pyridine rings is 3. The van der Waals surface area contributed by atoms with Gasteiger partial charge in [0.25, 0.3) is 0 Å². The first kappa shape index (κ1) is 21.9. The molecule has 0 bridgehead atoms. The number of aromatic nitrogens is 5. The van der Waals surface area contributed by atoms with Crippen LogP contribution in [-0.4, -0.2) is 38.7 Å². The molecule has 0 saturated heterocycles. The van der Waals surface area contributed by atoms with Gasteiger partial charge in [0.2, 0.25) is 0 Å². The van der Waals surface area contributed by atoms with Crippen LogP contribution in [0.1, 0.15) is 18.2 Å². The van der Waals surface area contributed by atoms with Crippen molar-refractivity contribution in [2.75, 3.05) is 5.75 Å². The van der Waals surface area contributed by atoms with Crippen molar-refractivity contribution >= 4 is 20.9 Å². The van der Waals surface area contributed by atoms with Crippen molar-refractivity contribution in [2.24, 2.45) is 7.05 Å². The Bertz CT molecular complexity index is 1450. The first-order valence-electron chi connectivity index (χ1n) is 9.57. The predicted octanol–water partition coefficient (Wildman–Crippen LogP) is 4.21. The van der Waals surface area contributed by atoms with E-state index in [2.05, 4.69) is 19.9 Å². The number of aryl methyl sites for hydroxylation is 2. The van der Waals surface area contributed by atoms with Crippen molar-refractivity contribution in [3.8, 4) is 22.8 Å². The molecule has 0 fully saturated rings. The number of sulfone groups is 1. The standard InChI is InChI=1S/C21H18F3N5O2S/c1-4-32(30,31)17-8-13(14-7-12(2)5-6-25-14)10-27-19(17)20-28-15-9-18(21(22,23)24)26-11-16(15)29(20)3/h5-11H,4H2,1-3H3. The summed E-state index contributed by atoms with van der Waals surface area (Å²) in [7, 11) is -2.17. The fourth-order valence-corrected chi connectivity index (χ4v) is 4.35. The summed E-state index contributed by atoms with van der Waals surface area (Å²) in [5, 5.41) is 0. The van der Waals surface area contributed by atoms with E-state index in [0.29, 0.717) is 16.8 Å². The first-order valence-corrected chi connectivity index (χ1v) is 11.2. The highest BCUT2D eigenvalue weighted by Gasteiger charge is 2.33. The maximum Gasteiger partial charge on any atom is 0.433 e. The second kappa shape index (κ2) is 7.66. The van der Waals surface area contributed by atoms with Crippen molar-refractivity contribution in [2.45, 2.75) is 24.9 Å². The Kier molecular flexibility index (Phi) is 5.24. The first-order chi connectivity index (χ1) is 15.0. The highest BCUT2D eigenvalue weighted by Crippen LogP contribution is 2.33. The average Bonchev–Trinajstić information content (AvgIpc) is 3.08. The minimum atomic E-state index is -4.62. The van der Waals surface area contributed by atoms with Gasteiger partial charge in [-0.05, 0) is 36.8 Å². The van der Waals surface area contributed by atoms with Crippen LogP contribution in [0.5, 0.6) is 0 Å². The molecule has 32 heavy (non-hydrogen) atoms. The molecule has 7 nitrogen and oxygen atoms in total. The van der Waals surface area contributed by atoms with Gasteiger partial charge in [0.1, 0.15) is 11.4 Å².